The van der Waals surface area contributed by atoms with E-state index in [9.17, 15) is 9.90 Å². The van der Waals surface area contributed by atoms with Crippen molar-refractivity contribution in [2.45, 2.75) is 44.9 Å². The molecule has 0 aromatic heterocycles. The highest BCUT2D eigenvalue weighted by atomic mass is 16.6. The van der Waals surface area contributed by atoms with E-state index in [-0.39, 0.29) is 0 Å². The summed E-state index contributed by atoms with van der Waals surface area (Å²) in [5.41, 5.74) is 0.437. The van der Waals surface area contributed by atoms with Crippen molar-refractivity contribution in [1.82, 2.24) is 5.32 Å². The predicted molar refractivity (Wildman–Crippen MR) is 97.0 cm³/mol. The highest BCUT2D eigenvalue weighted by Crippen LogP contribution is 2.18. The van der Waals surface area contributed by atoms with E-state index >= 15 is 0 Å². The van der Waals surface area contributed by atoms with Crippen LogP contribution in [0, 0.1) is 0 Å². The van der Waals surface area contributed by atoms with E-state index in [0.29, 0.717) is 6.42 Å². The van der Waals surface area contributed by atoms with Crippen molar-refractivity contribution >= 4 is 16.9 Å². The number of hydrogen-bond acceptors (Lipinski definition) is 3. The zero-order chi connectivity index (χ0) is 17.7. The van der Waals surface area contributed by atoms with E-state index in [1.165, 1.54) is 6.08 Å². The van der Waals surface area contributed by atoms with Crippen LogP contribution in [0.15, 0.2) is 55.1 Å². The third-order valence-electron chi connectivity index (χ3n) is 3.63. The first kappa shape index (κ1) is 18.0. The van der Waals surface area contributed by atoms with E-state index in [0.717, 1.165) is 16.3 Å². The van der Waals surface area contributed by atoms with Gasteiger partial charge in [-0.05, 0) is 43.5 Å². The van der Waals surface area contributed by atoms with Crippen LogP contribution in [0.25, 0.3) is 10.8 Å². The Labute approximate surface area is 143 Å². The van der Waals surface area contributed by atoms with E-state index in [2.05, 4.69) is 18.0 Å². The number of nitrogens with one attached hydrogen (secondary N) is 1. The maximum absolute atomic E-state index is 12.0. The topological polar surface area (TPSA) is 58.6 Å². The lowest BCUT2D eigenvalue weighted by atomic mass is 9.98. The molecule has 0 unspecified atom stereocenters. The minimum atomic E-state index is -0.857. The fraction of sp³-hybridized carbons (Fsp3) is 0.350. The summed E-state index contributed by atoms with van der Waals surface area (Å²) in [6.45, 7) is 9.01. The largest absolute Gasteiger partial charge is 0.444 e. The molecule has 0 bridgehead atoms. The molecule has 24 heavy (non-hydrogen) atoms. The lowest BCUT2D eigenvalue weighted by Crippen LogP contribution is -2.46. The van der Waals surface area contributed by atoms with Crippen LogP contribution in [0.4, 0.5) is 4.79 Å². The van der Waals surface area contributed by atoms with Crippen LogP contribution in [0.3, 0.4) is 0 Å². The zero-order valence-corrected chi connectivity index (χ0v) is 14.5. The summed E-state index contributed by atoms with van der Waals surface area (Å²) >= 11 is 0. The highest BCUT2D eigenvalue weighted by Gasteiger charge is 2.23. The fourth-order valence-electron chi connectivity index (χ4n) is 2.50. The van der Waals surface area contributed by atoms with Gasteiger partial charge >= 0.3 is 6.09 Å². The van der Waals surface area contributed by atoms with E-state index < -0.39 is 23.8 Å². The summed E-state index contributed by atoms with van der Waals surface area (Å²) in [6, 6.07) is 13.7. The Balaban J connectivity index is 2.15. The van der Waals surface area contributed by atoms with Crippen molar-refractivity contribution in [1.29, 1.82) is 0 Å². The van der Waals surface area contributed by atoms with Gasteiger partial charge in [0, 0.05) is 0 Å². The summed E-state index contributed by atoms with van der Waals surface area (Å²) in [7, 11) is 0. The summed E-state index contributed by atoms with van der Waals surface area (Å²) in [5, 5.41) is 15.2. The van der Waals surface area contributed by atoms with E-state index in [4.69, 9.17) is 4.74 Å². The van der Waals surface area contributed by atoms with E-state index in [1.54, 1.807) is 20.8 Å². The molecule has 2 aromatic rings. The molecular weight excluding hydrogens is 302 g/mol. The van der Waals surface area contributed by atoms with Gasteiger partial charge in [0.05, 0.1) is 12.1 Å². The molecule has 0 aliphatic heterocycles. The van der Waals surface area contributed by atoms with Gasteiger partial charge in [0.15, 0.2) is 0 Å². The number of carbonyl (C=O) groups is 1. The number of rotatable bonds is 5. The van der Waals surface area contributed by atoms with Crippen LogP contribution in [0.5, 0.6) is 0 Å². The molecule has 0 spiro atoms. The smallest absolute Gasteiger partial charge is 0.407 e. The normalized spacial score (nSPS) is 14.0. The minimum absolute atomic E-state index is 0.483. The maximum atomic E-state index is 12.0. The SMILES string of the molecule is C=C[C@H](O)[C@H](Cc1ccc2ccccc2c1)NC(=O)OC(C)(C)C. The standard InChI is InChI=1S/C20H25NO3/c1-5-18(22)17(21-19(23)24-20(2,3)4)13-14-10-11-15-8-6-7-9-16(15)12-14/h5-12,17-18,22H,1,13H2,2-4H3,(H,21,23)/t17-,18-/m0/s1. The fourth-order valence-corrected chi connectivity index (χ4v) is 2.50. The predicted octanol–water partition coefficient (Wildman–Crippen LogP) is 3.82. The van der Waals surface area contributed by atoms with Crippen LogP contribution < -0.4 is 5.32 Å². The Kier molecular flexibility index (Phi) is 5.62. The van der Waals surface area contributed by atoms with Crippen LogP contribution in [0.1, 0.15) is 26.3 Å². The number of ether oxygens (including phenoxy) is 1. The Hall–Kier alpha value is -2.33. The van der Waals surface area contributed by atoms with Crippen LogP contribution in [0.2, 0.25) is 0 Å². The number of amides is 1. The van der Waals surface area contributed by atoms with Gasteiger partial charge in [-0.3, -0.25) is 0 Å². The Morgan fingerprint density at radius 3 is 2.54 bits per heavy atom. The molecule has 1 amide bonds. The van der Waals surface area contributed by atoms with Crippen molar-refractivity contribution in [3.8, 4) is 0 Å². The van der Waals surface area contributed by atoms with Crippen molar-refractivity contribution in [2.75, 3.05) is 0 Å². The third kappa shape index (κ3) is 5.10. The van der Waals surface area contributed by atoms with Gasteiger partial charge in [0.25, 0.3) is 0 Å². The van der Waals surface area contributed by atoms with Crippen LogP contribution in [-0.2, 0) is 11.2 Å². The molecule has 4 nitrogen and oxygen atoms in total. The summed E-state index contributed by atoms with van der Waals surface area (Å²) < 4.78 is 5.28. The second kappa shape index (κ2) is 7.49. The molecule has 0 heterocycles. The average molecular weight is 327 g/mol. The average Bonchev–Trinajstić information content (AvgIpc) is 2.51. The zero-order valence-electron chi connectivity index (χ0n) is 14.5. The molecule has 2 aromatic carbocycles. The molecule has 0 aliphatic carbocycles. The van der Waals surface area contributed by atoms with Gasteiger partial charge in [0.2, 0.25) is 0 Å². The maximum Gasteiger partial charge on any atom is 0.407 e. The number of carbonyl (C=O) groups excluding carboxylic acids is 1. The van der Waals surface area contributed by atoms with Gasteiger partial charge in [-0.1, -0.05) is 48.5 Å². The molecule has 0 aliphatic rings. The molecule has 0 radical (unpaired) electrons. The van der Waals surface area contributed by atoms with Crippen molar-refractivity contribution in [2.24, 2.45) is 0 Å². The minimum Gasteiger partial charge on any atom is -0.444 e. The third-order valence-corrected chi connectivity index (χ3v) is 3.63. The van der Waals surface area contributed by atoms with Gasteiger partial charge in [-0.25, -0.2) is 4.79 Å². The molecular formula is C20H25NO3. The van der Waals surface area contributed by atoms with Crippen molar-refractivity contribution < 1.29 is 14.6 Å². The number of aliphatic hydroxyl groups is 1. The Morgan fingerprint density at radius 1 is 1.25 bits per heavy atom. The number of benzene rings is 2. The van der Waals surface area contributed by atoms with Gasteiger partial charge < -0.3 is 15.2 Å². The van der Waals surface area contributed by atoms with Gasteiger partial charge in [-0.15, -0.1) is 6.58 Å². The van der Waals surface area contributed by atoms with Crippen molar-refractivity contribution in [3.63, 3.8) is 0 Å². The van der Waals surface area contributed by atoms with E-state index in [1.807, 2.05) is 36.4 Å². The summed E-state index contributed by atoms with van der Waals surface area (Å²) in [5.74, 6) is 0. The first-order chi connectivity index (χ1) is 11.3. The lowest BCUT2D eigenvalue weighted by molar-refractivity contribution is 0.0455. The lowest BCUT2D eigenvalue weighted by Gasteiger charge is -2.25. The first-order valence-corrected chi connectivity index (χ1v) is 8.06. The van der Waals surface area contributed by atoms with Crippen molar-refractivity contribution in [3.05, 3.63) is 60.7 Å². The molecule has 2 rings (SSSR count). The Morgan fingerprint density at radius 2 is 1.92 bits per heavy atom. The number of hydrogen-bond donors (Lipinski definition) is 2. The molecule has 0 saturated heterocycles. The van der Waals surface area contributed by atoms with Gasteiger partial charge in [0.1, 0.15) is 5.60 Å². The first-order valence-electron chi connectivity index (χ1n) is 8.06. The Bertz CT molecular complexity index is 718. The quantitative estimate of drug-likeness (QED) is 0.821. The second-order valence-corrected chi connectivity index (χ2v) is 6.86. The monoisotopic (exact) mass is 327 g/mol. The molecule has 0 saturated carbocycles. The number of fused-ring (bicyclic) bond motifs is 1. The molecule has 128 valence electrons. The summed E-state index contributed by atoms with van der Waals surface area (Å²) in [6.07, 6.45) is 0.499. The highest BCUT2D eigenvalue weighted by molar-refractivity contribution is 5.83. The van der Waals surface area contributed by atoms with Crippen LogP contribution >= 0.6 is 0 Å². The molecule has 2 atom stereocenters. The molecule has 2 N–H and O–H groups in total. The molecule has 0 fully saturated rings. The number of alkyl carbamates (subject to hydrolysis) is 1. The van der Waals surface area contributed by atoms with Crippen LogP contribution in [-0.4, -0.2) is 28.9 Å². The van der Waals surface area contributed by atoms with Gasteiger partial charge in [-0.2, -0.15) is 0 Å². The number of aliphatic hydroxyl groups excluding tert-OH is 1. The summed E-state index contributed by atoms with van der Waals surface area (Å²) in [4.78, 5) is 12.0. The molecule has 4 heteroatoms. The second-order valence-electron chi connectivity index (χ2n) is 6.86.